The number of aliphatic hydroxyl groups is 1. The number of β-amino-alcohol motifs (C(OH)–C–C–N with tert-alkyl or cyclic N) is 1. The number of likely N-dealkylation sites (tertiary alicyclic amines) is 2. The fourth-order valence-electron chi connectivity index (χ4n) is 3.87. The minimum atomic E-state index is -0.665. The molecule has 2 fully saturated rings. The second-order valence-electron chi connectivity index (χ2n) is 8.77. The summed E-state index contributed by atoms with van der Waals surface area (Å²) in [7, 11) is 0. The standard InChI is InChI=1S/C19H32N4O2/c1-18(2,3)16-13-15(20-21-16)17(24)23-11-6-7-19(25,8-12-23)14-22-9-4-5-10-22/h13,25H,4-12,14H2,1-3H3,(H,20,21). The number of amides is 1. The first-order chi connectivity index (χ1) is 11.8. The van der Waals surface area contributed by atoms with Crippen LogP contribution in [0.2, 0.25) is 0 Å². The highest BCUT2D eigenvalue weighted by atomic mass is 16.3. The van der Waals surface area contributed by atoms with Crippen LogP contribution in [0.4, 0.5) is 0 Å². The number of nitrogens with one attached hydrogen (secondary N) is 1. The lowest BCUT2D eigenvalue weighted by atomic mass is 9.92. The lowest BCUT2D eigenvalue weighted by molar-refractivity contribution is -0.00291. The van der Waals surface area contributed by atoms with Gasteiger partial charge in [0.05, 0.1) is 5.60 Å². The van der Waals surface area contributed by atoms with Crippen LogP contribution in [0.5, 0.6) is 0 Å². The van der Waals surface area contributed by atoms with Crippen LogP contribution < -0.4 is 0 Å². The van der Waals surface area contributed by atoms with Crippen molar-refractivity contribution in [1.82, 2.24) is 20.0 Å². The summed E-state index contributed by atoms with van der Waals surface area (Å²) < 4.78 is 0. The van der Waals surface area contributed by atoms with E-state index in [0.29, 0.717) is 25.2 Å². The largest absolute Gasteiger partial charge is 0.388 e. The van der Waals surface area contributed by atoms with Gasteiger partial charge in [-0.05, 0) is 51.3 Å². The molecule has 25 heavy (non-hydrogen) atoms. The summed E-state index contributed by atoms with van der Waals surface area (Å²) in [6, 6.07) is 1.86. The summed E-state index contributed by atoms with van der Waals surface area (Å²) in [4.78, 5) is 17.0. The summed E-state index contributed by atoms with van der Waals surface area (Å²) >= 11 is 0. The number of aromatic nitrogens is 2. The highest BCUT2D eigenvalue weighted by molar-refractivity contribution is 5.92. The van der Waals surface area contributed by atoms with Crippen molar-refractivity contribution in [3.63, 3.8) is 0 Å². The van der Waals surface area contributed by atoms with Crippen molar-refractivity contribution < 1.29 is 9.90 Å². The number of aromatic amines is 1. The lowest BCUT2D eigenvalue weighted by Crippen LogP contribution is -2.43. The highest BCUT2D eigenvalue weighted by Gasteiger charge is 2.34. The molecule has 140 valence electrons. The molecule has 0 radical (unpaired) electrons. The van der Waals surface area contributed by atoms with Crippen LogP contribution >= 0.6 is 0 Å². The van der Waals surface area contributed by atoms with Gasteiger partial charge in [-0.15, -0.1) is 0 Å². The first-order valence-electron chi connectivity index (χ1n) is 9.57. The quantitative estimate of drug-likeness (QED) is 0.878. The van der Waals surface area contributed by atoms with Crippen molar-refractivity contribution in [2.24, 2.45) is 0 Å². The number of hydrogen-bond acceptors (Lipinski definition) is 4. The maximum Gasteiger partial charge on any atom is 0.274 e. The molecule has 0 bridgehead atoms. The SMILES string of the molecule is CC(C)(C)c1cc(C(=O)N2CCCC(O)(CN3CCCC3)CC2)n[nH]1. The third-order valence-corrected chi connectivity index (χ3v) is 5.53. The van der Waals surface area contributed by atoms with Crippen molar-refractivity contribution in [3.8, 4) is 0 Å². The summed E-state index contributed by atoms with van der Waals surface area (Å²) in [5.41, 5.74) is 0.730. The van der Waals surface area contributed by atoms with Gasteiger partial charge in [0.25, 0.3) is 5.91 Å². The zero-order valence-corrected chi connectivity index (χ0v) is 15.8. The number of rotatable bonds is 3. The Hall–Kier alpha value is -1.40. The maximum absolute atomic E-state index is 12.8. The van der Waals surface area contributed by atoms with Gasteiger partial charge in [-0.2, -0.15) is 5.10 Å². The number of carbonyl (C=O) groups excluding carboxylic acids is 1. The topological polar surface area (TPSA) is 72.5 Å². The first-order valence-corrected chi connectivity index (χ1v) is 9.57. The smallest absolute Gasteiger partial charge is 0.274 e. The van der Waals surface area contributed by atoms with Gasteiger partial charge in [-0.3, -0.25) is 9.89 Å². The number of carbonyl (C=O) groups is 1. The van der Waals surface area contributed by atoms with E-state index in [2.05, 4.69) is 35.9 Å². The molecule has 2 saturated heterocycles. The van der Waals surface area contributed by atoms with Crippen molar-refractivity contribution in [2.45, 2.75) is 63.9 Å². The van der Waals surface area contributed by atoms with Gasteiger partial charge >= 0.3 is 0 Å². The van der Waals surface area contributed by atoms with Gasteiger partial charge in [0.2, 0.25) is 0 Å². The average molecular weight is 348 g/mol. The molecule has 1 atom stereocenters. The third kappa shape index (κ3) is 4.42. The van der Waals surface area contributed by atoms with E-state index in [1.54, 1.807) is 0 Å². The molecule has 1 amide bonds. The minimum Gasteiger partial charge on any atom is -0.388 e. The second kappa shape index (κ2) is 7.08. The van der Waals surface area contributed by atoms with Crippen molar-refractivity contribution >= 4 is 5.91 Å². The highest BCUT2D eigenvalue weighted by Crippen LogP contribution is 2.26. The predicted octanol–water partition coefficient (Wildman–Crippen LogP) is 2.16. The van der Waals surface area contributed by atoms with Crippen LogP contribution in [-0.2, 0) is 5.41 Å². The Labute approximate surface area is 150 Å². The van der Waals surface area contributed by atoms with E-state index in [0.717, 1.165) is 38.2 Å². The van der Waals surface area contributed by atoms with Gasteiger partial charge in [0.15, 0.2) is 0 Å². The molecular weight excluding hydrogens is 316 g/mol. The van der Waals surface area contributed by atoms with Gasteiger partial charge in [0, 0.05) is 30.7 Å². The Morgan fingerprint density at radius 3 is 2.56 bits per heavy atom. The normalized spacial score (nSPS) is 26.0. The van der Waals surface area contributed by atoms with E-state index in [4.69, 9.17) is 0 Å². The van der Waals surface area contributed by atoms with E-state index in [1.807, 2.05) is 11.0 Å². The molecule has 0 aromatic carbocycles. The molecule has 3 rings (SSSR count). The average Bonchev–Trinajstić information content (AvgIpc) is 3.17. The molecule has 2 aliphatic rings. The monoisotopic (exact) mass is 348 g/mol. The molecule has 1 unspecified atom stereocenters. The van der Waals surface area contributed by atoms with E-state index < -0.39 is 5.60 Å². The molecule has 3 heterocycles. The summed E-state index contributed by atoms with van der Waals surface area (Å²) in [5.74, 6) is -0.0304. The Morgan fingerprint density at radius 2 is 1.92 bits per heavy atom. The fourth-order valence-corrected chi connectivity index (χ4v) is 3.87. The van der Waals surface area contributed by atoms with Crippen LogP contribution in [-0.4, -0.2) is 69.3 Å². The Balaban J connectivity index is 1.62. The first kappa shape index (κ1) is 18.4. The molecule has 6 nitrogen and oxygen atoms in total. The zero-order chi connectivity index (χ0) is 18.1. The van der Waals surface area contributed by atoms with Crippen molar-refractivity contribution in [1.29, 1.82) is 0 Å². The summed E-state index contributed by atoms with van der Waals surface area (Å²) in [5, 5.41) is 18.2. The van der Waals surface area contributed by atoms with Gasteiger partial charge < -0.3 is 14.9 Å². The van der Waals surface area contributed by atoms with Gasteiger partial charge in [0.1, 0.15) is 5.69 Å². The molecule has 0 saturated carbocycles. The molecule has 2 aliphatic heterocycles. The van der Waals surface area contributed by atoms with Gasteiger partial charge in [-0.1, -0.05) is 20.8 Å². The van der Waals surface area contributed by atoms with Crippen molar-refractivity contribution in [3.05, 3.63) is 17.5 Å². The van der Waals surface area contributed by atoms with E-state index in [9.17, 15) is 9.90 Å². The Morgan fingerprint density at radius 1 is 1.20 bits per heavy atom. The molecule has 6 heteroatoms. The number of H-pyrrole nitrogens is 1. The molecule has 1 aromatic heterocycles. The van der Waals surface area contributed by atoms with Crippen LogP contribution in [0.1, 0.15) is 69.1 Å². The molecule has 2 N–H and O–H groups in total. The third-order valence-electron chi connectivity index (χ3n) is 5.53. The van der Waals surface area contributed by atoms with E-state index in [1.165, 1.54) is 12.8 Å². The maximum atomic E-state index is 12.8. The summed E-state index contributed by atoms with van der Waals surface area (Å²) in [6.07, 6.45) is 4.71. The Bertz CT molecular complexity index is 601. The number of hydrogen-bond donors (Lipinski definition) is 2. The molecule has 1 aromatic rings. The van der Waals surface area contributed by atoms with E-state index >= 15 is 0 Å². The zero-order valence-electron chi connectivity index (χ0n) is 15.8. The second-order valence-corrected chi connectivity index (χ2v) is 8.77. The lowest BCUT2D eigenvalue weighted by Gasteiger charge is -2.31. The minimum absolute atomic E-state index is 0.0304. The molecule has 0 aliphatic carbocycles. The van der Waals surface area contributed by atoms with Crippen LogP contribution in [0.15, 0.2) is 6.07 Å². The predicted molar refractivity (Wildman–Crippen MR) is 97.7 cm³/mol. The molecule has 0 spiro atoms. The van der Waals surface area contributed by atoms with Crippen molar-refractivity contribution in [2.75, 3.05) is 32.7 Å². The summed E-state index contributed by atoms with van der Waals surface area (Å²) in [6.45, 7) is 10.5. The van der Waals surface area contributed by atoms with Crippen LogP contribution in [0.25, 0.3) is 0 Å². The fraction of sp³-hybridized carbons (Fsp3) is 0.789. The van der Waals surface area contributed by atoms with Crippen LogP contribution in [0.3, 0.4) is 0 Å². The Kier molecular flexibility index (Phi) is 5.21. The number of nitrogens with zero attached hydrogens (tertiary/aromatic N) is 3. The van der Waals surface area contributed by atoms with Crippen LogP contribution in [0, 0.1) is 0 Å². The molecular formula is C19H32N4O2. The van der Waals surface area contributed by atoms with E-state index in [-0.39, 0.29) is 11.3 Å². The van der Waals surface area contributed by atoms with Gasteiger partial charge in [-0.25, -0.2) is 0 Å².